The first-order valence-corrected chi connectivity index (χ1v) is 17.2. The molecule has 3 aliphatic rings. The van der Waals surface area contributed by atoms with Crippen molar-refractivity contribution in [3.63, 3.8) is 0 Å². The highest BCUT2D eigenvalue weighted by atomic mass is 32.2. The number of alkyl halides is 3. The van der Waals surface area contributed by atoms with Gasteiger partial charge in [-0.1, -0.05) is 18.2 Å². The smallest absolute Gasteiger partial charge is 0.416 e. The van der Waals surface area contributed by atoms with Crippen LogP contribution in [0.25, 0.3) is 11.1 Å². The van der Waals surface area contributed by atoms with Gasteiger partial charge in [-0.25, -0.2) is 8.78 Å². The van der Waals surface area contributed by atoms with Crippen LogP contribution in [0.4, 0.5) is 22.0 Å². The molecule has 0 radical (unpaired) electrons. The molecule has 2 aromatic carbocycles. The molecule has 2 atom stereocenters. The lowest BCUT2D eigenvalue weighted by Crippen LogP contribution is -2.50. The van der Waals surface area contributed by atoms with E-state index in [1.54, 1.807) is 17.6 Å². The molecule has 2 fully saturated rings. The highest BCUT2D eigenvalue weighted by molar-refractivity contribution is 7.99. The summed E-state index contributed by atoms with van der Waals surface area (Å²) in [6, 6.07) is 7.14. The van der Waals surface area contributed by atoms with Crippen molar-refractivity contribution in [2.45, 2.75) is 43.4 Å². The minimum absolute atomic E-state index is 0.00519. The van der Waals surface area contributed by atoms with Crippen LogP contribution in [0.3, 0.4) is 0 Å². The molecule has 1 aromatic heterocycles. The van der Waals surface area contributed by atoms with Gasteiger partial charge in [-0.2, -0.15) is 13.2 Å². The lowest BCUT2D eigenvalue weighted by molar-refractivity contribution is -0.138. The second-order valence-corrected chi connectivity index (χ2v) is 14.1. The summed E-state index contributed by atoms with van der Waals surface area (Å²) in [4.78, 5) is 21.6. The number of hydrogen-bond donors (Lipinski definition) is 0. The standard InChI is InChI=1S/C35H41F5N4O2S/c1-22-26(17-27-28(35(38,39)40)9-5-10-29(27)36)34-44(33(45)31(22)25-8-4-11-30(46-3)32(25)37)24(21-47-34)20-43-15-13-42(14-16-43)19-23-7-6-12-41(2)18-23/h4-5,8-11,23-24H,6-7,12-21H2,1-3H3. The molecule has 12 heteroatoms. The largest absolute Gasteiger partial charge is 0.494 e. The first-order valence-electron chi connectivity index (χ1n) is 16.2. The summed E-state index contributed by atoms with van der Waals surface area (Å²) in [5.74, 6) is -0.558. The van der Waals surface area contributed by atoms with Gasteiger partial charge in [0.05, 0.1) is 29.3 Å². The third kappa shape index (κ3) is 6.97. The molecule has 4 heterocycles. The molecule has 3 aliphatic heterocycles. The molecule has 0 aliphatic carbocycles. The lowest BCUT2D eigenvalue weighted by Gasteiger charge is -2.39. The zero-order valence-electron chi connectivity index (χ0n) is 27.0. The van der Waals surface area contributed by atoms with E-state index in [1.807, 2.05) is 0 Å². The number of halogens is 5. The van der Waals surface area contributed by atoms with Gasteiger partial charge >= 0.3 is 6.18 Å². The van der Waals surface area contributed by atoms with E-state index in [-0.39, 0.29) is 22.9 Å². The molecule has 6 rings (SSSR count). The Kier molecular flexibility index (Phi) is 10.0. The van der Waals surface area contributed by atoms with Crippen LogP contribution in [0.15, 0.2) is 46.2 Å². The molecular formula is C35H41F5N4O2S. The first kappa shape index (κ1) is 34.0. The van der Waals surface area contributed by atoms with Crippen molar-refractivity contribution in [3.8, 4) is 16.9 Å². The maximum absolute atomic E-state index is 15.7. The molecule has 0 saturated carbocycles. The number of piperidine rings is 1. The molecule has 254 valence electrons. The minimum atomic E-state index is -4.77. The van der Waals surface area contributed by atoms with E-state index >= 15 is 8.78 Å². The van der Waals surface area contributed by atoms with Gasteiger partial charge in [-0.05, 0) is 68.6 Å². The minimum Gasteiger partial charge on any atom is -0.494 e. The molecule has 3 aromatic rings. The molecule has 0 N–H and O–H groups in total. The number of pyridine rings is 1. The number of likely N-dealkylation sites (tertiary alicyclic amines) is 1. The van der Waals surface area contributed by atoms with Crippen molar-refractivity contribution in [2.24, 2.45) is 5.92 Å². The lowest BCUT2D eigenvalue weighted by atomic mass is 9.92. The Morgan fingerprint density at radius 1 is 0.957 bits per heavy atom. The summed E-state index contributed by atoms with van der Waals surface area (Å²) in [6.07, 6.45) is -2.69. The van der Waals surface area contributed by atoms with Crippen LogP contribution in [0.5, 0.6) is 5.75 Å². The molecule has 0 spiro atoms. The van der Waals surface area contributed by atoms with Crippen molar-refractivity contribution in [1.82, 2.24) is 19.3 Å². The SMILES string of the molecule is COc1cccc(-c2c(C)c(Cc3c(F)cccc3C(F)(F)F)c3n(c2=O)C(CN2CCN(CC4CCCN(C)C4)CC2)CS3)c1F. The maximum Gasteiger partial charge on any atom is 0.416 e. The van der Waals surface area contributed by atoms with E-state index in [9.17, 15) is 18.0 Å². The van der Waals surface area contributed by atoms with Crippen LogP contribution in [0, 0.1) is 24.5 Å². The Bertz CT molecular complexity index is 1670. The van der Waals surface area contributed by atoms with Crippen molar-refractivity contribution in [3.05, 3.63) is 80.6 Å². The van der Waals surface area contributed by atoms with E-state index in [0.717, 1.165) is 64.0 Å². The number of nitrogens with zero attached hydrogens (tertiary/aromatic N) is 4. The number of piperazine rings is 1. The molecule has 2 saturated heterocycles. The summed E-state index contributed by atoms with van der Waals surface area (Å²) >= 11 is 1.40. The zero-order valence-corrected chi connectivity index (χ0v) is 27.8. The number of hydrogen-bond acceptors (Lipinski definition) is 6. The summed E-state index contributed by atoms with van der Waals surface area (Å²) in [5.41, 5.74) is -1.18. The fourth-order valence-electron chi connectivity index (χ4n) is 7.51. The maximum atomic E-state index is 15.7. The molecule has 47 heavy (non-hydrogen) atoms. The monoisotopic (exact) mass is 676 g/mol. The third-order valence-corrected chi connectivity index (χ3v) is 11.2. The number of methoxy groups -OCH3 is 1. The topological polar surface area (TPSA) is 41.0 Å². The predicted molar refractivity (Wildman–Crippen MR) is 174 cm³/mol. The Morgan fingerprint density at radius 2 is 1.66 bits per heavy atom. The van der Waals surface area contributed by atoms with Gasteiger partial charge in [0.1, 0.15) is 5.82 Å². The summed E-state index contributed by atoms with van der Waals surface area (Å²) < 4.78 is 79.8. The van der Waals surface area contributed by atoms with Gasteiger partial charge in [0.25, 0.3) is 5.56 Å². The van der Waals surface area contributed by atoms with Crippen molar-refractivity contribution in [2.75, 3.05) is 72.3 Å². The Hall–Kier alpha value is -2.93. The number of thioether (sulfide) groups is 1. The number of benzene rings is 2. The van der Waals surface area contributed by atoms with Crippen LogP contribution < -0.4 is 10.3 Å². The second-order valence-electron chi connectivity index (χ2n) is 13.1. The average Bonchev–Trinajstić information content (AvgIpc) is 3.44. The fourth-order valence-corrected chi connectivity index (χ4v) is 8.88. The van der Waals surface area contributed by atoms with Crippen LogP contribution in [-0.4, -0.2) is 91.5 Å². The normalized spacial score (nSPS) is 21.3. The van der Waals surface area contributed by atoms with Crippen LogP contribution in [-0.2, 0) is 12.6 Å². The quantitative estimate of drug-likeness (QED) is 0.260. The van der Waals surface area contributed by atoms with Crippen LogP contribution >= 0.6 is 11.8 Å². The molecule has 0 bridgehead atoms. The Balaban J connectivity index is 1.34. The number of fused-ring (bicyclic) bond motifs is 1. The molecule has 6 nitrogen and oxygen atoms in total. The van der Waals surface area contributed by atoms with E-state index < -0.39 is 40.9 Å². The summed E-state index contributed by atoms with van der Waals surface area (Å²) in [6.45, 7) is 9.07. The third-order valence-electron chi connectivity index (χ3n) is 9.92. The molecular weight excluding hydrogens is 635 g/mol. The van der Waals surface area contributed by atoms with E-state index in [4.69, 9.17) is 4.74 Å². The second kappa shape index (κ2) is 13.9. The Labute approximate surface area is 276 Å². The predicted octanol–water partition coefficient (Wildman–Crippen LogP) is 6.33. The van der Waals surface area contributed by atoms with Crippen molar-refractivity contribution in [1.29, 1.82) is 0 Å². The van der Waals surface area contributed by atoms with E-state index in [0.29, 0.717) is 34.4 Å². The number of aromatic nitrogens is 1. The first-order chi connectivity index (χ1) is 22.5. The van der Waals surface area contributed by atoms with Crippen LogP contribution in [0.1, 0.15) is 41.1 Å². The Morgan fingerprint density at radius 3 is 2.34 bits per heavy atom. The number of ether oxygens (including phenoxy) is 1. The molecule has 2 unspecified atom stereocenters. The summed E-state index contributed by atoms with van der Waals surface area (Å²) in [7, 11) is 3.50. The van der Waals surface area contributed by atoms with Gasteiger partial charge in [0, 0.05) is 69.1 Å². The van der Waals surface area contributed by atoms with Gasteiger partial charge < -0.3 is 14.5 Å². The zero-order chi connectivity index (χ0) is 33.5. The number of rotatable bonds is 8. The van der Waals surface area contributed by atoms with Crippen molar-refractivity contribution >= 4 is 11.8 Å². The van der Waals surface area contributed by atoms with E-state index in [1.165, 1.54) is 43.8 Å². The van der Waals surface area contributed by atoms with Gasteiger partial charge in [0.15, 0.2) is 11.6 Å². The average molecular weight is 677 g/mol. The highest BCUT2D eigenvalue weighted by Crippen LogP contribution is 2.42. The summed E-state index contributed by atoms with van der Waals surface area (Å²) in [5, 5.41) is 0.515. The fraction of sp³-hybridized carbons (Fsp3) is 0.514. The highest BCUT2D eigenvalue weighted by Gasteiger charge is 2.37. The van der Waals surface area contributed by atoms with Crippen LogP contribution in [0.2, 0.25) is 0 Å². The molecule has 0 amide bonds. The van der Waals surface area contributed by atoms with Gasteiger partial charge in [-0.3, -0.25) is 14.3 Å². The van der Waals surface area contributed by atoms with Crippen molar-refractivity contribution < 1.29 is 26.7 Å². The van der Waals surface area contributed by atoms with E-state index in [2.05, 4.69) is 21.7 Å². The van der Waals surface area contributed by atoms with Gasteiger partial charge in [0.2, 0.25) is 0 Å². The van der Waals surface area contributed by atoms with Gasteiger partial charge in [-0.15, -0.1) is 11.8 Å².